The summed E-state index contributed by atoms with van der Waals surface area (Å²) in [6.07, 6.45) is 0. The molecule has 4 N–H and O–H groups in total. The topological polar surface area (TPSA) is 115 Å². The number of pyridine rings is 1. The summed E-state index contributed by atoms with van der Waals surface area (Å²) in [5.74, 6) is 0.667. The summed E-state index contributed by atoms with van der Waals surface area (Å²) >= 11 is 0. The Morgan fingerprint density at radius 3 is 2.42 bits per heavy atom. The van der Waals surface area contributed by atoms with Gasteiger partial charge in [-0.1, -0.05) is 26.0 Å². The molecule has 0 radical (unpaired) electrons. The largest absolute Gasteiger partial charge is 0.374 e. The number of ether oxygens (including phenoxy) is 1. The summed E-state index contributed by atoms with van der Waals surface area (Å²) < 4.78 is 5.75. The summed E-state index contributed by atoms with van der Waals surface area (Å²) in [4.78, 5) is 25.3. The molecule has 0 atom stereocenters. The first-order chi connectivity index (χ1) is 14.6. The summed E-state index contributed by atoms with van der Waals surface area (Å²) in [6, 6.07) is 11.3. The lowest BCUT2D eigenvalue weighted by molar-refractivity contribution is -0.118. The van der Waals surface area contributed by atoms with Gasteiger partial charge >= 0.3 is 0 Å². The number of benzene rings is 1. The highest BCUT2D eigenvalue weighted by Gasteiger charge is 2.12. The van der Waals surface area contributed by atoms with Gasteiger partial charge in [-0.15, -0.1) is 0 Å². The first-order valence-electron chi connectivity index (χ1n) is 10.4. The molecule has 0 bridgehead atoms. The number of hydrogen-bond acceptors (Lipinski definition) is 7. The number of carbonyl (C=O) groups excluding carboxylic acids is 1. The van der Waals surface area contributed by atoms with Gasteiger partial charge in [-0.2, -0.15) is 4.98 Å². The minimum absolute atomic E-state index is 0.0162. The van der Waals surface area contributed by atoms with Crippen LogP contribution in [0.3, 0.4) is 0 Å². The van der Waals surface area contributed by atoms with Gasteiger partial charge in [0.2, 0.25) is 11.9 Å². The van der Waals surface area contributed by atoms with Crippen LogP contribution in [0.2, 0.25) is 0 Å². The molecule has 0 aliphatic carbocycles. The molecule has 3 aromatic rings. The van der Waals surface area contributed by atoms with Crippen LogP contribution < -0.4 is 16.4 Å². The van der Waals surface area contributed by atoms with Crippen molar-refractivity contribution in [3.8, 4) is 11.3 Å². The van der Waals surface area contributed by atoms with Crippen molar-refractivity contribution in [2.24, 2.45) is 5.92 Å². The van der Waals surface area contributed by atoms with Crippen molar-refractivity contribution in [1.82, 2.24) is 15.0 Å². The maximum absolute atomic E-state index is 11.9. The molecule has 31 heavy (non-hydrogen) atoms. The van der Waals surface area contributed by atoms with Gasteiger partial charge in [-0.25, -0.2) is 9.97 Å². The maximum atomic E-state index is 11.9. The average Bonchev–Trinajstić information content (AvgIpc) is 2.70. The van der Waals surface area contributed by atoms with Crippen molar-refractivity contribution in [3.63, 3.8) is 0 Å². The lowest BCUT2D eigenvalue weighted by Gasteiger charge is -2.19. The predicted molar refractivity (Wildman–Crippen MR) is 125 cm³/mol. The van der Waals surface area contributed by atoms with E-state index in [1.807, 2.05) is 71.0 Å². The number of nitrogens with two attached hydrogens (primary N) is 1. The lowest BCUT2D eigenvalue weighted by atomic mass is 10.1. The fraction of sp³-hybridized carbons (Fsp3) is 0.391. The van der Waals surface area contributed by atoms with E-state index in [1.54, 1.807) is 0 Å². The number of fused-ring (bicyclic) bond motifs is 1. The van der Waals surface area contributed by atoms with Gasteiger partial charge in [0.15, 0.2) is 5.82 Å². The number of nitrogens with zero attached hydrogens (tertiary/aromatic N) is 3. The SMILES string of the molecule is CC(C)C(=O)Nc1ccc(-c2ccc3nc(N)nc(NCCOC(C)(C)C)c3n2)cc1. The van der Waals surface area contributed by atoms with E-state index in [1.165, 1.54) is 0 Å². The summed E-state index contributed by atoms with van der Waals surface area (Å²) in [5, 5.41) is 6.14. The smallest absolute Gasteiger partial charge is 0.226 e. The standard InChI is InChI=1S/C23H30N6O2/c1-14(2)21(30)26-16-8-6-15(7-9-16)17-10-11-18-19(27-17)20(29-22(24)28-18)25-12-13-31-23(3,4)5/h6-11,14H,12-13H2,1-5H3,(H,26,30)(H3,24,25,28,29). The first kappa shape index (κ1) is 22.4. The van der Waals surface area contributed by atoms with Crippen LogP contribution in [0.25, 0.3) is 22.3 Å². The van der Waals surface area contributed by atoms with Gasteiger partial charge in [0.1, 0.15) is 5.52 Å². The van der Waals surface area contributed by atoms with E-state index in [9.17, 15) is 4.79 Å². The number of nitrogen functional groups attached to an aromatic ring is 1. The predicted octanol–water partition coefficient (Wildman–Crippen LogP) is 4.10. The molecule has 1 aromatic carbocycles. The summed E-state index contributed by atoms with van der Waals surface area (Å²) in [6.45, 7) is 10.9. The Hall–Kier alpha value is -3.26. The highest BCUT2D eigenvalue weighted by Crippen LogP contribution is 2.25. The van der Waals surface area contributed by atoms with E-state index in [4.69, 9.17) is 15.5 Å². The second-order valence-corrected chi connectivity index (χ2v) is 8.60. The van der Waals surface area contributed by atoms with Crippen molar-refractivity contribution < 1.29 is 9.53 Å². The Bertz CT molecular complexity index is 1060. The zero-order valence-electron chi connectivity index (χ0n) is 18.7. The van der Waals surface area contributed by atoms with Crippen LogP contribution in [0.4, 0.5) is 17.5 Å². The molecule has 164 valence electrons. The molecule has 3 rings (SSSR count). The van der Waals surface area contributed by atoms with Crippen molar-refractivity contribution in [2.45, 2.75) is 40.2 Å². The molecule has 0 saturated carbocycles. The third-order valence-electron chi connectivity index (χ3n) is 4.46. The maximum Gasteiger partial charge on any atom is 0.226 e. The molecule has 2 aromatic heterocycles. The minimum Gasteiger partial charge on any atom is -0.374 e. The average molecular weight is 423 g/mol. The number of rotatable bonds is 7. The quantitative estimate of drug-likeness (QED) is 0.491. The number of hydrogen-bond donors (Lipinski definition) is 3. The van der Waals surface area contributed by atoms with Crippen LogP contribution in [-0.2, 0) is 9.53 Å². The number of nitrogens with one attached hydrogen (secondary N) is 2. The second-order valence-electron chi connectivity index (χ2n) is 8.60. The molecular weight excluding hydrogens is 392 g/mol. The minimum atomic E-state index is -0.208. The molecule has 8 heteroatoms. The van der Waals surface area contributed by atoms with Gasteiger partial charge in [-0.05, 0) is 45.0 Å². The van der Waals surface area contributed by atoms with Crippen LogP contribution in [-0.4, -0.2) is 39.6 Å². The Morgan fingerprint density at radius 2 is 1.77 bits per heavy atom. The fourth-order valence-electron chi connectivity index (χ4n) is 2.85. The van der Waals surface area contributed by atoms with Crippen LogP contribution in [0, 0.1) is 5.92 Å². The number of carbonyl (C=O) groups is 1. The molecule has 8 nitrogen and oxygen atoms in total. The monoisotopic (exact) mass is 422 g/mol. The van der Waals surface area contributed by atoms with Crippen molar-refractivity contribution in [1.29, 1.82) is 0 Å². The normalized spacial score (nSPS) is 11.7. The Kier molecular flexibility index (Phi) is 6.70. The van der Waals surface area contributed by atoms with E-state index in [2.05, 4.69) is 20.6 Å². The van der Waals surface area contributed by atoms with E-state index >= 15 is 0 Å². The van der Waals surface area contributed by atoms with E-state index in [-0.39, 0.29) is 23.4 Å². The summed E-state index contributed by atoms with van der Waals surface area (Å²) in [5.41, 5.74) is 9.41. The van der Waals surface area contributed by atoms with Crippen molar-refractivity contribution >= 4 is 34.4 Å². The van der Waals surface area contributed by atoms with E-state index in [0.29, 0.717) is 30.0 Å². The Labute approximate surface area is 182 Å². The van der Waals surface area contributed by atoms with Gasteiger partial charge in [0.25, 0.3) is 0 Å². The zero-order chi connectivity index (χ0) is 22.6. The molecule has 0 spiro atoms. The fourth-order valence-corrected chi connectivity index (χ4v) is 2.85. The molecule has 0 fully saturated rings. The van der Waals surface area contributed by atoms with E-state index < -0.39 is 0 Å². The molecule has 1 amide bonds. The van der Waals surface area contributed by atoms with Crippen molar-refractivity contribution in [3.05, 3.63) is 36.4 Å². The third kappa shape index (κ3) is 6.11. The molecule has 0 aliphatic heterocycles. The van der Waals surface area contributed by atoms with Crippen LogP contribution in [0.5, 0.6) is 0 Å². The van der Waals surface area contributed by atoms with Crippen LogP contribution >= 0.6 is 0 Å². The van der Waals surface area contributed by atoms with Gasteiger partial charge in [0, 0.05) is 23.7 Å². The molecule has 0 aliphatic rings. The first-order valence-corrected chi connectivity index (χ1v) is 10.4. The molecule has 2 heterocycles. The number of aromatic nitrogens is 3. The van der Waals surface area contributed by atoms with E-state index in [0.717, 1.165) is 16.9 Å². The summed E-state index contributed by atoms with van der Waals surface area (Å²) in [7, 11) is 0. The van der Waals surface area contributed by atoms with Gasteiger partial charge in [-0.3, -0.25) is 4.79 Å². The van der Waals surface area contributed by atoms with Gasteiger partial charge in [0.05, 0.1) is 23.4 Å². The Balaban J connectivity index is 1.82. The van der Waals surface area contributed by atoms with Crippen molar-refractivity contribution in [2.75, 3.05) is 29.5 Å². The van der Waals surface area contributed by atoms with Gasteiger partial charge < -0.3 is 21.1 Å². The Morgan fingerprint density at radius 1 is 1.06 bits per heavy atom. The number of anilines is 3. The van der Waals surface area contributed by atoms with Crippen LogP contribution in [0.1, 0.15) is 34.6 Å². The highest BCUT2D eigenvalue weighted by atomic mass is 16.5. The lowest BCUT2D eigenvalue weighted by Crippen LogP contribution is -2.23. The molecule has 0 unspecified atom stereocenters. The molecule has 0 saturated heterocycles. The molecular formula is C23H30N6O2. The highest BCUT2D eigenvalue weighted by molar-refractivity contribution is 5.92. The zero-order valence-corrected chi connectivity index (χ0v) is 18.7. The third-order valence-corrected chi connectivity index (χ3v) is 4.46. The number of amides is 1. The van der Waals surface area contributed by atoms with Crippen LogP contribution in [0.15, 0.2) is 36.4 Å². The second kappa shape index (κ2) is 9.26.